The summed E-state index contributed by atoms with van der Waals surface area (Å²) < 4.78 is 4.81. The van der Waals surface area contributed by atoms with Gasteiger partial charge in [-0.15, -0.1) is 0 Å². The van der Waals surface area contributed by atoms with Gasteiger partial charge in [0.15, 0.2) is 0 Å². The van der Waals surface area contributed by atoms with Crippen molar-refractivity contribution in [1.82, 2.24) is 15.0 Å². The zero-order chi connectivity index (χ0) is 19.6. The molecule has 2 heterocycles. The van der Waals surface area contributed by atoms with Crippen LogP contribution in [-0.4, -0.2) is 28.0 Å². The molecule has 3 rings (SSSR count). The number of carbonyl (C=O) groups is 1. The molecule has 0 radical (unpaired) electrons. The van der Waals surface area contributed by atoms with Gasteiger partial charge in [-0.1, -0.05) is 18.2 Å². The van der Waals surface area contributed by atoms with Crippen molar-refractivity contribution in [3.8, 4) is 0 Å². The van der Waals surface area contributed by atoms with Crippen molar-refractivity contribution in [2.45, 2.75) is 63.7 Å². The summed E-state index contributed by atoms with van der Waals surface area (Å²) in [5, 5.41) is 0. The lowest BCUT2D eigenvalue weighted by molar-refractivity contribution is -0.140. The summed E-state index contributed by atoms with van der Waals surface area (Å²) in [6, 6.07) is 4.47. The fourth-order valence-corrected chi connectivity index (χ4v) is 3.66. The first kappa shape index (κ1) is 20.2. The van der Waals surface area contributed by atoms with E-state index in [0.717, 1.165) is 37.7 Å². The van der Waals surface area contributed by atoms with Crippen molar-refractivity contribution < 1.29 is 9.53 Å². The summed E-state index contributed by atoms with van der Waals surface area (Å²) in [5.41, 5.74) is 4.91. The van der Waals surface area contributed by atoms with E-state index in [-0.39, 0.29) is 11.9 Å². The van der Waals surface area contributed by atoms with Crippen LogP contribution in [0.25, 0.3) is 0 Å². The third-order valence-electron chi connectivity index (χ3n) is 5.28. The molecule has 0 fully saturated rings. The minimum atomic E-state index is -0.225. The van der Waals surface area contributed by atoms with Gasteiger partial charge in [0.05, 0.1) is 13.5 Å². The van der Waals surface area contributed by atoms with Gasteiger partial charge >= 0.3 is 5.97 Å². The Kier molecular flexibility index (Phi) is 7.71. The number of rotatable bonds is 9. The highest BCUT2D eigenvalue weighted by Gasteiger charge is 2.14. The van der Waals surface area contributed by atoms with Crippen molar-refractivity contribution >= 4 is 5.97 Å². The Hall–Kier alpha value is -2.56. The number of aromatic nitrogens is 3. The number of nitrogens with zero attached hydrogens (tertiary/aromatic N) is 3. The third kappa shape index (κ3) is 5.98. The number of methoxy groups -OCH3 is 1. The smallest absolute Gasteiger partial charge is 0.306 e. The first-order valence-electron chi connectivity index (χ1n) is 10.2. The molecule has 148 valence electrons. The van der Waals surface area contributed by atoms with E-state index >= 15 is 0 Å². The summed E-state index contributed by atoms with van der Waals surface area (Å²) >= 11 is 0. The Morgan fingerprint density at radius 3 is 2.82 bits per heavy atom. The minimum Gasteiger partial charge on any atom is -0.469 e. The maximum atomic E-state index is 11.7. The SMILES string of the molecule is COC(=O)C[C@H](/C=C/CCCCc1ccc2c(n1)CCCC2)c1cncnc1. The van der Waals surface area contributed by atoms with E-state index in [2.05, 4.69) is 34.3 Å². The van der Waals surface area contributed by atoms with Gasteiger partial charge in [0.1, 0.15) is 6.33 Å². The van der Waals surface area contributed by atoms with Crippen LogP contribution in [-0.2, 0) is 28.8 Å². The van der Waals surface area contributed by atoms with Gasteiger partial charge in [0, 0.05) is 29.7 Å². The van der Waals surface area contributed by atoms with Gasteiger partial charge in [-0.05, 0) is 68.6 Å². The third-order valence-corrected chi connectivity index (χ3v) is 5.28. The molecule has 1 atom stereocenters. The van der Waals surface area contributed by atoms with Gasteiger partial charge < -0.3 is 4.74 Å². The normalized spacial score (nSPS) is 14.6. The summed E-state index contributed by atoms with van der Waals surface area (Å²) in [6.07, 6.45) is 18.7. The van der Waals surface area contributed by atoms with Crippen LogP contribution in [0.4, 0.5) is 0 Å². The second-order valence-corrected chi connectivity index (χ2v) is 7.35. The summed E-state index contributed by atoms with van der Waals surface area (Å²) in [7, 11) is 1.42. The molecule has 0 amide bonds. The predicted octanol–water partition coefficient (Wildman–Crippen LogP) is 4.37. The van der Waals surface area contributed by atoms with E-state index in [4.69, 9.17) is 9.72 Å². The Balaban J connectivity index is 1.46. The van der Waals surface area contributed by atoms with Crippen molar-refractivity contribution in [2.75, 3.05) is 7.11 Å². The van der Waals surface area contributed by atoms with Gasteiger partial charge in [-0.2, -0.15) is 0 Å². The van der Waals surface area contributed by atoms with E-state index in [1.54, 1.807) is 12.4 Å². The van der Waals surface area contributed by atoms with Crippen molar-refractivity contribution in [3.63, 3.8) is 0 Å². The maximum Gasteiger partial charge on any atom is 0.306 e. The number of ether oxygens (including phenoxy) is 1. The van der Waals surface area contributed by atoms with Crippen molar-refractivity contribution in [3.05, 3.63) is 65.5 Å². The number of hydrogen-bond donors (Lipinski definition) is 0. The van der Waals surface area contributed by atoms with Crippen LogP contribution in [0.15, 0.2) is 43.0 Å². The fraction of sp³-hybridized carbons (Fsp3) is 0.478. The van der Waals surface area contributed by atoms with Crippen LogP contribution < -0.4 is 0 Å². The lowest BCUT2D eigenvalue weighted by atomic mass is 9.95. The summed E-state index contributed by atoms with van der Waals surface area (Å²) in [4.78, 5) is 24.7. The second-order valence-electron chi connectivity index (χ2n) is 7.35. The van der Waals surface area contributed by atoms with Gasteiger partial charge in [-0.25, -0.2) is 9.97 Å². The van der Waals surface area contributed by atoms with E-state index in [0.29, 0.717) is 6.42 Å². The number of carbonyl (C=O) groups excluding carboxylic acids is 1. The molecule has 2 aromatic heterocycles. The quantitative estimate of drug-likeness (QED) is 0.368. The highest BCUT2D eigenvalue weighted by Crippen LogP contribution is 2.22. The highest BCUT2D eigenvalue weighted by molar-refractivity contribution is 5.70. The Labute approximate surface area is 167 Å². The molecule has 5 nitrogen and oxygen atoms in total. The molecule has 0 aromatic carbocycles. The Morgan fingerprint density at radius 2 is 2.00 bits per heavy atom. The minimum absolute atomic E-state index is 0.0454. The first-order valence-corrected chi connectivity index (χ1v) is 10.2. The summed E-state index contributed by atoms with van der Waals surface area (Å²) in [6.45, 7) is 0. The molecular weight excluding hydrogens is 350 g/mol. The number of aryl methyl sites for hydroxylation is 3. The summed E-state index contributed by atoms with van der Waals surface area (Å²) in [5.74, 6) is -0.270. The van der Waals surface area contributed by atoms with E-state index in [1.807, 2.05) is 0 Å². The van der Waals surface area contributed by atoms with E-state index in [1.165, 1.54) is 49.7 Å². The first-order chi connectivity index (χ1) is 13.8. The average molecular weight is 380 g/mol. The molecular formula is C23H29N3O2. The number of pyridine rings is 1. The highest BCUT2D eigenvalue weighted by atomic mass is 16.5. The van der Waals surface area contributed by atoms with E-state index < -0.39 is 0 Å². The standard InChI is InChI=1S/C23H29N3O2/c1-28-23(27)14-19(20-15-24-17-25-16-20)9-4-2-3-5-10-21-13-12-18-8-6-7-11-22(18)26-21/h4,9,12-13,15-17,19H,2-3,5-8,10-11,14H2,1H3/b9-4+/t19-/m0/s1. The Morgan fingerprint density at radius 1 is 1.18 bits per heavy atom. The maximum absolute atomic E-state index is 11.7. The lowest BCUT2D eigenvalue weighted by Crippen LogP contribution is -2.07. The van der Waals surface area contributed by atoms with Crippen molar-refractivity contribution in [2.24, 2.45) is 0 Å². The zero-order valence-corrected chi connectivity index (χ0v) is 16.6. The van der Waals surface area contributed by atoms with E-state index in [9.17, 15) is 4.79 Å². The van der Waals surface area contributed by atoms with Crippen LogP contribution in [0, 0.1) is 0 Å². The molecule has 28 heavy (non-hydrogen) atoms. The second kappa shape index (κ2) is 10.7. The molecule has 5 heteroatoms. The van der Waals surface area contributed by atoms with Crippen LogP contribution in [0.2, 0.25) is 0 Å². The van der Waals surface area contributed by atoms with Gasteiger partial charge in [-0.3, -0.25) is 9.78 Å². The monoisotopic (exact) mass is 379 g/mol. The fourth-order valence-electron chi connectivity index (χ4n) is 3.66. The number of hydrogen-bond acceptors (Lipinski definition) is 5. The molecule has 0 saturated heterocycles. The molecule has 0 N–H and O–H groups in total. The number of allylic oxidation sites excluding steroid dienone is 2. The topological polar surface area (TPSA) is 65.0 Å². The number of fused-ring (bicyclic) bond motifs is 1. The Bertz CT molecular complexity index is 790. The van der Waals surface area contributed by atoms with Crippen LogP contribution in [0.5, 0.6) is 0 Å². The predicted molar refractivity (Wildman–Crippen MR) is 109 cm³/mol. The largest absolute Gasteiger partial charge is 0.469 e. The van der Waals surface area contributed by atoms with Gasteiger partial charge in [0.2, 0.25) is 0 Å². The molecule has 0 aliphatic heterocycles. The molecule has 0 saturated carbocycles. The molecule has 0 unspecified atom stereocenters. The van der Waals surface area contributed by atoms with Crippen LogP contribution in [0.3, 0.4) is 0 Å². The average Bonchev–Trinajstić information content (AvgIpc) is 2.75. The zero-order valence-electron chi connectivity index (χ0n) is 16.6. The van der Waals surface area contributed by atoms with Crippen LogP contribution in [0.1, 0.15) is 67.0 Å². The molecule has 1 aliphatic carbocycles. The van der Waals surface area contributed by atoms with Gasteiger partial charge in [0.25, 0.3) is 0 Å². The van der Waals surface area contributed by atoms with Crippen LogP contribution >= 0.6 is 0 Å². The molecule has 2 aromatic rings. The number of unbranched alkanes of at least 4 members (excludes halogenated alkanes) is 2. The lowest BCUT2D eigenvalue weighted by Gasteiger charge is -2.15. The number of esters is 1. The molecule has 0 bridgehead atoms. The molecule has 1 aliphatic rings. The van der Waals surface area contributed by atoms with Crippen molar-refractivity contribution in [1.29, 1.82) is 0 Å². The molecule has 0 spiro atoms.